The number of hydrogen-bond donors (Lipinski definition) is 1. The fourth-order valence-corrected chi connectivity index (χ4v) is 3.26. The summed E-state index contributed by atoms with van der Waals surface area (Å²) >= 11 is 0. The summed E-state index contributed by atoms with van der Waals surface area (Å²) in [6.45, 7) is 6.12. The van der Waals surface area contributed by atoms with E-state index >= 15 is 0 Å². The number of nitrogens with zero attached hydrogens (tertiary/aromatic N) is 1. The van der Waals surface area contributed by atoms with Crippen LogP contribution in [0.5, 0.6) is 11.5 Å². The molecule has 0 aliphatic heterocycles. The van der Waals surface area contributed by atoms with Crippen LogP contribution in [-0.4, -0.2) is 18.8 Å². The SMILES string of the molecule is COc1cc(CNCC2CC=CCC2)ccc1OCc1c(C)noc1C. The number of rotatable bonds is 8. The van der Waals surface area contributed by atoms with E-state index in [1.165, 1.54) is 24.8 Å². The summed E-state index contributed by atoms with van der Waals surface area (Å²) in [6, 6.07) is 6.09. The first kappa shape index (κ1) is 18.5. The minimum atomic E-state index is 0.421. The first-order valence-corrected chi connectivity index (χ1v) is 9.24. The maximum atomic E-state index is 5.94. The molecule has 1 aliphatic rings. The van der Waals surface area contributed by atoms with Crippen LogP contribution in [0.25, 0.3) is 0 Å². The predicted octanol–water partition coefficient (Wildman–Crippen LogP) is 4.32. The Labute approximate surface area is 155 Å². The predicted molar refractivity (Wildman–Crippen MR) is 101 cm³/mol. The van der Waals surface area contributed by atoms with Crippen LogP contribution in [0.15, 0.2) is 34.9 Å². The average Bonchev–Trinajstić information content (AvgIpc) is 2.99. The highest BCUT2D eigenvalue weighted by molar-refractivity contribution is 5.43. The highest BCUT2D eigenvalue weighted by Gasteiger charge is 2.13. The summed E-state index contributed by atoms with van der Waals surface area (Å²) < 4.78 is 16.6. The fraction of sp³-hybridized carbons (Fsp3) is 0.476. The maximum absolute atomic E-state index is 5.94. The number of nitrogens with one attached hydrogen (secondary N) is 1. The quantitative estimate of drug-likeness (QED) is 0.714. The summed E-state index contributed by atoms with van der Waals surface area (Å²) in [5, 5.41) is 7.52. The van der Waals surface area contributed by atoms with Gasteiger partial charge in [-0.3, -0.25) is 0 Å². The van der Waals surface area contributed by atoms with Gasteiger partial charge in [0, 0.05) is 6.54 Å². The third kappa shape index (κ3) is 4.67. The number of aromatic nitrogens is 1. The smallest absolute Gasteiger partial charge is 0.161 e. The molecule has 1 atom stereocenters. The van der Waals surface area contributed by atoms with Gasteiger partial charge in [-0.15, -0.1) is 0 Å². The number of hydrogen-bond acceptors (Lipinski definition) is 5. The minimum Gasteiger partial charge on any atom is -0.493 e. The van der Waals surface area contributed by atoms with Crippen LogP contribution >= 0.6 is 0 Å². The number of benzene rings is 1. The topological polar surface area (TPSA) is 56.5 Å². The van der Waals surface area contributed by atoms with Gasteiger partial charge >= 0.3 is 0 Å². The van der Waals surface area contributed by atoms with Crippen molar-refractivity contribution in [1.29, 1.82) is 0 Å². The lowest BCUT2D eigenvalue weighted by atomic mass is 9.94. The Balaban J connectivity index is 1.55. The summed E-state index contributed by atoms with van der Waals surface area (Å²) in [7, 11) is 1.67. The van der Waals surface area contributed by atoms with E-state index in [1.807, 2.05) is 26.0 Å². The van der Waals surface area contributed by atoms with Crippen molar-refractivity contribution in [3.63, 3.8) is 0 Å². The van der Waals surface area contributed by atoms with Crippen LogP contribution in [0.4, 0.5) is 0 Å². The monoisotopic (exact) mass is 356 g/mol. The van der Waals surface area contributed by atoms with Crippen molar-refractivity contribution in [2.24, 2.45) is 5.92 Å². The summed E-state index contributed by atoms with van der Waals surface area (Å²) in [5.41, 5.74) is 3.04. The molecule has 0 saturated heterocycles. The molecule has 0 saturated carbocycles. The zero-order chi connectivity index (χ0) is 18.4. The third-order valence-electron chi connectivity index (χ3n) is 4.92. The molecule has 3 rings (SSSR count). The van der Waals surface area contributed by atoms with Crippen LogP contribution in [0, 0.1) is 19.8 Å². The number of allylic oxidation sites excluding steroid dienone is 2. The third-order valence-corrected chi connectivity index (χ3v) is 4.92. The molecule has 0 bridgehead atoms. The molecule has 140 valence electrons. The van der Waals surface area contributed by atoms with Gasteiger partial charge in [0.2, 0.25) is 0 Å². The lowest BCUT2D eigenvalue weighted by molar-refractivity contribution is 0.281. The van der Waals surface area contributed by atoms with Gasteiger partial charge < -0.3 is 19.3 Å². The molecule has 1 aliphatic carbocycles. The molecule has 2 aromatic rings. The molecule has 1 N–H and O–H groups in total. The van der Waals surface area contributed by atoms with Gasteiger partial charge in [-0.2, -0.15) is 0 Å². The molecule has 0 amide bonds. The second kappa shape index (κ2) is 8.90. The molecule has 1 heterocycles. The molecule has 26 heavy (non-hydrogen) atoms. The molecular formula is C21H28N2O3. The Morgan fingerprint density at radius 3 is 2.81 bits per heavy atom. The van der Waals surface area contributed by atoms with Crippen molar-refractivity contribution in [2.75, 3.05) is 13.7 Å². The van der Waals surface area contributed by atoms with Gasteiger partial charge in [0.05, 0.1) is 18.4 Å². The molecular weight excluding hydrogens is 328 g/mol. The summed E-state index contributed by atoms with van der Waals surface area (Å²) in [5.74, 6) is 3.02. The number of aryl methyl sites for hydroxylation is 2. The van der Waals surface area contributed by atoms with Crippen molar-refractivity contribution < 1.29 is 14.0 Å². The highest BCUT2D eigenvalue weighted by Crippen LogP contribution is 2.29. The van der Waals surface area contributed by atoms with Crippen LogP contribution in [0.1, 0.15) is 41.8 Å². The van der Waals surface area contributed by atoms with Crippen molar-refractivity contribution >= 4 is 0 Å². The van der Waals surface area contributed by atoms with Crippen molar-refractivity contribution in [3.8, 4) is 11.5 Å². The summed E-state index contributed by atoms with van der Waals surface area (Å²) in [4.78, 5) is 0. The Kier molecular flexibility index (Phi) is 6.34. The molecule has 5 heteroatoms. The van der Waals surface area contributed by atoms with Crippen molar-refractivity contribution in [1.82, 2.24) is 10.5 Å². The normalized spacial score (nSPS) is 16.7. The van der Waals surface area contributed by atoms with E-state index in [-0.39, 0.29) is 0 Å². The minimum absolute atomic E-state index is 0.421. The van der Waals surface area contributed by atoms with E-state index in [4.69, 9.17) is 14.0 Å². The van der Waals surface area contributed by atoms with E-state index in [0.29, 0.717) is 6.61 Å². The number of methoxy groups -OCH3 is 1. The Morgan fingerprint density at radius 1 is 1.23 bits per heavy atom. The van der Waals surface area contributed by atoms with E-state index in [1.54, 1.807) is 7.11 Å². The standard InChI is InChI=1S/C21H28N2O3/c1-15-19(16(2)26-23-15)14-25-20-10-9-18(11-21(20)24-3)13-22-12-17-7-5-4-6-8-17/h4-5,9-11,17,22H,6-8,12-14H2,1-3H3. The van der Waals surface area contributed by atoms with Crippen LogP contribution in [0.2, 0.25) is 0 Å². The molecule has 0 fully saturated rings. The van der Waals surface area contributed by atoms with Crippen LogP contribution < -0.4 is 14.8 Å². The lowest BCUT2D eigenvalue weighted by Gasteiger charge is -2.18. The van der Waals surface area contributed by atoms with E-state index < -0.39 is 0 Å². The van der Waals surface area contributed by atoms with Gasteiger partial charge in [0.15, 0.2) is 11.5 Å². The molecule has 1 aromatic heterocycles. The molecule has 0 radical (unpaired) electrons. The second-order valence-electron chi connectivity index (χ2n) is 6.86. The zero-order valence-electron chi connectivity index (χ0n) is 15.9. The fourth-order valence-electron chi connectivity index (χ4n) is 3.26. The number of ether oxygens (including phenoxy) is 2. The molecule has 1 aromatic carbocycles. The van der Waals surface area contributed by atoms with Crippen LogP contribution in [0.3, 0.4) is 0 Å². The molecule has 5 nitrogen and oxygen atoms in total. The van der Waals surface area contributed by atoms with E-state index in [0.717, 1.165) is 47.5 Å². The van der Waals surface area contributed by atoms with E-state index in [2.05, 4.69) is 28.7 Å². The molecule has 0 spiro atoms. The molecule has 1 unspecified atom stereocenters. The first-order valence-electron chi connectivity index (χ1n) is 9.24. The highest BCUT2D eigenvalue weighted by atomic mass is 16.5. The lowest BCUT2D eigenvalue weighted by Crippen LogP contribution is -2.23. The van der Waals surface area contributed by atoms with Gasteiger partial charge in [-0.05, 0) is 63.3 Å². The van der Waals surface area contributed by atoms with Crippen molar-refractivity contribution in [3.05, 3.63) is 52.9 Å². The largest absolute Gasteiger partial charge is 0.493 e. The van der Waals surface area contributed by atoms with Crippen LogP contribution in [-0.2, 0) is 13.2 Å². The summed E-state index contributed by atoms with van der Waals surface area (Å²) in [6.07, 6.45) is 8.25. The van der Waals surface area contributed by atoms with Gasteiger partial charge in [0.1, 0.15) is 12.4 Å². The van der Waals surface area contributed by atoms with Gasteiger partial charge in [-0.1, -0.05) is 23.4 Å². The van der Waals surface area contributed by atoms with Gasteiger partial charge in [0.25, 0.3) is 0 Å². The first-order chi connectivity index (χ1) is 12.7. The Morgan fingerprint density at radius 2 is 2.12 bits per heavy atom. The Hall–Kier alpha value is -2.27. The second-order valence-corrected chi connectivity index (χ2v) is 6.86. The van der Waals surface area contributed by atoms with E-state index in [9.17, 15) is 0 Å². The van der Waals surface area contributed by atoms with Gasteiger partial charge in [-0.25, -0.2) is 0 Å². The Bertz CT molecular complexity index is 732. The average molecular weight is 356 g/mol. The maximum Gasteiger partial charge on any atom is 0.161 e. The van der Waals surface area contributed by atoms with Crippen molar-refractivity contribution in [2.45, 2.75) is 46.3 Å². The zero-order valence-corrected chi connectivity index (χ0v) is 15.9.